The van der Waals surface area contributed by atoms with Gasteiger partial charge in [-0.3, -0.25) is 9.48 Å². The topological polar surface area (TPSA) is 51.0 Å². The standard InChI is InChI=1S/C14H18N4O/c1-12-5-3-4-6-13(12)9-17(2)14(19)7-8-18-11-15-10-16-18/h3-6,10-11H,7-9H2,1-2H3. The lowest BCUT2D eigenvalue weighted by molar-refractivity contribution is -0.130. The second-order valence-corrected chi connectivity index (χ2v) is 4.58. The van der Waals surface area contributed by atoms with Crippen molar-refractivity contribution in [1.29, 1.82) is 0 Å². The summed E-state index contributed by atoms with van der Waals surface area (Å²) in [6, 6.07) is 8.11. The van der Waals surface area contributed by atoms with Crippen molar-refractivity contribution in [2.75, 3.05) is 7.05 Å². The Labute approximate surface area is 112 Å². The Morgan fingerprint density at radius 3 is 2.84 bits per heavy atom. The molecule has 0 atom stereocenters. The van der Waals surface area contributed by atoms with Crippen molar-refractivity contribution in [3.63, 3.8) is 0 Å². The van der Waals surface area contributed by atoms with Crippen LogP contribution < -0.4 is 0 Å². The molecule has 0 aliphatic heterocycles. The third kappa shape index (κ3) is 3.64. The van der Waals surface area contributed by atoms with E-state index in [9.17, 15) is 4.79 Å². The SMILES string of the molecule is Cc1ccccc1CN(C)C(=O)CCn1cncn1. The summed E-state index contributed by atoms with van der Waals surface area (Å²) in [6.07, 6.45) is 3.53. The molecule has 0 unspecified atom stereocenters. The molecule has 0 N–H and O–H groups in total. The zero-order valence-electron chi connectivity index (χ0n) is 11.3. The largest absolute Gasteiger partial charge is 0.341 e. The Kier molecular flexibility index (Phi) is 4.28. The predicted octanol–water partition coefficient (Wildman–Crippen LogP) is 1.64. The first-order valence-electron chi connectivity index (χ1n) is 6.27. The average molecular weight is 258 g/mol. The van der Waals surface area contributed by atoms with E-state index in [-0.39, 0.29) is 5.91 Å². The second kappa shape index (κ2) is 6.13. The number of aromatic nitrogens is 3. The fourth-order valence-corrected chi connectivity index (χ4v) is 1.88. The Bertz CT molecular complexity index is 536. The fourth-order valence-electron chi connectivity index (χ4n) is 1.88. The van der Waals surface area contributed by atoms with E-state index in [0.29, 0.717) is 19.5 Å². The van der Waals surface area contributed by atoms with Crippen LogP contribution in [0.1, 0.15) is 17.5 Å². The van der Waals surface area contributed by atoms with Crippen molar-refractivity contribution in [1.82, 2.24) is 19.7 Å². The van der Waals surface area contributed by atoms with Gasteiger partial charge in [-0.2, -0.15) is 5.10 Å². The van der Waals surface area contributed by atoms with E-state index in [1.165, 1.54) is 17.5 Å². The van der Waals surface area contributed by atoms with Crippen LogP contribution in [0.2, 0.25) is 0 Å². The van der Waals surface area contributed by atoms with Gasteiger partial charge in [-0.25, -0.2) is 4.98 Å². The molecule has 0 bridgehead atoms. The fraction of sp³-hybridized carbons (Fsp3) is 0.357. The lowest BCUT2D eigenvalue weighted by atomic mass is 10.1. The third-order valence-corrected chi connectivity index (χ3v) is 3.12. The Hall–Kier alpha value is -2.17. The van der Waals surface area contributed by atoms with E-state index < -0.39 is 0 Å². The summed E-state index contributed by atoms with van der Waals surface area (Å²) in [5.41, 5.74) is 2.39. The highest BCUT2D eigenvalue weighted by Gasteiger charge is 2.10. The van der Waals surface area contributed by atoms with Gasteiger partial charge in [-0.15, -0.1) is 0 Å². The average Bonchev–Trinajstić information content (AvgIpc) is 2.91. The van der Waals surface area contributed by atoms with Crippen LogP contribution in [-0.2, 0) is 17.9 Å². The van der Waals surface area contributed by atoms with Gasteiger partial charge in [-0.05, 0) is 18.1 Å². The van der Waals surface area contributed by atoms with Crippen LogP contribution in [0.3, 0.4) is 0 Å². The van der Waals surface area contributed by atoms with Crippen LogP contribution >= 0.6 is 0 Å². The normalized spacial score (nSPS) is 10.4. The molecule has 0 saturated carbocycles. The smallest absolute Gasteiger partial charge is 0.224 e. The van der Waals surface area contributed by atoms with Crippen molar-refractivity contribution in [2.45, 2.75) is 26.4 Å². The maximum atomic E-state index is 12.0. The van der Waals surface area contributed by atoms with E-state index in [1.54, 1.807) is 15.9 Å². The molecule has 0 spiro atoms. The molecule has 100 valence electrons. The highest BCUT2D eigenvalue weighted by Crippen LogP contribution is 2.10. The molecule has 0 aliphatic carbocycles. The zero-order valence-corrected chi connectivity index (χ0v) is 11.3. The van der Waals surface area contributed by atoms with E-state index >= 15 is 0 Å². The van der Waals surface area contributed by atoms with E-state index in [0.717, 1.165) is 0 Å². The summed E-state index contributed by atoms with van der Waals surface area (Å²) in [6.45, 7) is 3.27. The van der Waals surface area contributed by atoms with Crippen LogP contribution in [0.15, 0.2) is 36.9 Å². The molecule has 5 nitrogen and oxygen atoms in total. The van der Waals surface area contributed by atoms with Gasteiger partial charge in [-0.1, -0.05) is 24.3 Å². The summed E-state index contributed by atoms with van der Waals surface area (Å²) in [5.74, 6) is 0.110. The molecule has 19 heavy (non-hydrogen) atoms. The number of nitrogens with zero attached hydrogens (tertiary/aromatic N) is 4. The van der Waals surface area contributed by atoms with Gasteiger partial charge in [0.15, 0.2) is 0 Å². The minimum absolute atomic E-state index is 0.110. The molecular formula is C14H18N4O. The van der Waals surface area contributed by atoms with Gasteiger partial charge >= 0.3 is 0 Å². The highest BCUT2D eigenvalue weighted by molar-refractivity contribution is 5.75. The van der Waals surface area contributed by atoms with Gasteiger partial charge in [0.05, 0.1) is 6.54 Å². The minimum atomic E-state index is 0.110. The molecule has 2 aromatic rings. The zero-order chi connectivity index (χ0) is 13.7. The van der Waals surface area contributed by atoms with Crippen LogP contribution in [0, 0.1) is 6.92 Å². The minimum Gasteiger partial charge on any atom is -0.341 e. The summed E-state index contributed by atoms with van der Waals surface area (Å²) < 4.78 is 1.67. The van der Waals surface area contributed by atoms with Crippen molar-refractivity contribution >= 4 is 5.91 Å². The van der Waals surface area contributed by atoms with Gasteiger partial charge in [0, 0.05) is 20.0 Å². The first-order chi connectivity index (χ1) is 9.16. The van der Waals surface area contributed by atoms with Crippen molar-refractivity contribution in [3.8, 4) is 0 Å². The molecule has 1 amide bonds. The van der Waals surface area contributed by atoms with E-state index in [2.05, 4.69) is 29.1 Å². The molecular weight excluding hydrogens is 240 g/mol. The van der Waals surface area contributed by atoms with Gasteiger partial charge in [0.2, 0.25) is 5.91 Å². The number of aryl methyl sites for hydroxylation is 2. The lowest BCUT2D eigenvalue weighted by Gasteiger charge is -2.18. The van der Waals surface area contributed by atoms with Gasteiger partial charge in [0.1, 0.15) is 12.7 Å². The molecule has 1 aromatic heterocycles. The maximum Gasteiger partial charge on any atom is 0.224 e. The molecule has 1 aromatic carbocycles. The van der Waals surface area contributed by atoms with Crippen molar-refractivity contribution < 1.29 is 4.79 Å². The molecule has 1 heterocycles. The molecule has 2 rings (SSSR count). The molecule has 0 saturated heterocycles. The van der Waals surface area contributed by atoms with Crippen LogP contribution in [0.4, 0.5) is 0 Å². The number of benzene rings is 1. The van der Waals surface area contributed by atoms with E-state index in [4.69, 9.17) is 0 Å². The molecule has 0 fully saturated rings. The third-order valence-electron chi connectivity index (χ3n) is 3.12. The number of amides is 1. The second-order valence-electron chi connectivity index (χ2n) is 4.58. The van der Waals surface area contributed by atoms with Crippen LogP contribution in [0.25, 0.3) is 0 Å². The summed E-state index contributed by atoms with van der Waals surface area (Å²) in [4.78, 5) is 17.6. The number of carbonyl (C=O) groups excluding carboxylic acids is 1. The van der Waals surface area contributed by atoms with Crippen molar-refractivity contribution in [2.24, 2.45) is 0 Å². The number of hydrogen-bond donors (Lipinski definition) is 0. The first kappa shape index (κ1) is 13.3. The van der Waals surface area contributed by atoms with Crippen LogP contribution in [0.5, 0.6) is 0 Å². The Balaban J connectivity index is 1.87. The maximum absolute atomic E-state index is 12.0. The van der Waals surface area contributed by atoms with Gasteiger partial charge in [0.25, 0.3) is 0 Å². The molecule has 5 heteroatoms. The monoisotopic (exact) mass is 258 g/mol. The van der Waals surface area contributed by atoms with Crippen LogP contribution in [-0.4, -0.2) is 32.6 Å². The Morgan fingerprint density at radius 2 is 2.16 bits per heavy atom. The lowest BCUT2D eigenvalue weighted by Crippen LogP contribution is -2.27. The number of carbonyl (C=O) groups is 1. The highest BCUT2D eigenvalue weighted by atomic mass is 16.2. The molecule has 0 aliphatic rings. The quantitative estimate of drug-likeness (QED) is 0.819. The molecule has 0 radical (unpaired) electrons. The summed E-state index contributed by atoms with van der Waals surface area (Å²) >= 11 is 0. The van der Waals surface area contributed by atoms with Crippen molar-refractivity contribution in [3.05, 3.63) is 48.0 Å². The number of hydrogen-bond acceptors (Lipinski definition) is 3. The number of rotatable bonds is 5. The van der Waals surface area contributed by atoms with Gasteiger partial charge < -0.3 is 4.90 Å². The first-order valence-corrected chi connectivity index (χ1v) is 6.27. The summed E-state index contributed by atoms with van der Waals surface area (Å²) in [7, 11) is 1.83. The summed E-state index contributed by atoms with van der Waals surface area (Å²) in [5, 5.41) is 3.98. The predicted molar refractivity (Wildman–Crippen MR) is 72.3 cm³/mol. The van der Waals surface area contributed by atoms with E-state index in [1.807, 2.05) is 19.2 Å². The Morgan fingerprint density at radius 1 is 1.37 bits per heavy atom.